The van der Waals surface area contributed by atoms with Crippen LogP contribution in [0.15, 0.2) is 16.5 Å². The number of hydrogen-bond donors (Lipinski definition) is 1. The highest BCUT2D eigenvalue weighted by Gasteiger charge is 2.30. The summed E-state index contributed by atoms with van der Waals surface area (Å²) >= 11 is 0. The molecule has 1 aliphatic carbocycles. The lowest BCUT2D eigenvalue weighted by atomic mass is 9.78. The monoisotopic (exact) mass is 371 g/mol. The van der Waals surface area contributed by atoms with Gasteiger partial charge in [-0.2, -0.15) is 0 Å². The van der Waals surface area contributed by atoms with Gasteiger partial charge in [0.1, 0.15) is 12.4 Å². The Morgan fingerprint density at radius 2 is 2.00 bits per heavy atom. The topological polar surface area (TPSA) is 51.0 Å². The molecule has 1 aromatic carbocycles. The molecule has 0 fully saturated rings. The molecule has 4 nitrogen and oxygen atoms in total. The maximum atomic E-state index is 10.7. The van der Waals surface area contributed by atoms with Crippen molar-refractivity contribution in [2.24, 2.45) is 5.16 Å². The molecule has 0 aromatic heterocycles. The molecule has 1 aromatic rings. The number of rotatable bonds is 7. The Balaban J connectivity index is 1.71. The molecular formula is C23H33NO3. The maximum Gasteiger partial charge on any atom is 0.126 e. The summed E-state index contributed by atoms with van der Waals surface area (Å²) in [5, 5.41) is 14.6. The molecule has 3 rings (SSSR count). The Hall–Kier alpha value is -1.97. The smallest absolute Gasteiger partial charge is 0.126 e. The highest BCUT2D eigenvalue weighted by molar-refractivity contribution is 5.58. The molecule has 0 saturated heterocycles. The van der Waals surface area contributed by atoms with Crippen LogP contribution < -0.4 is 4.74 Å². The molecular weight excluding hydrogens is 338 g/mol. The lowest BCUT2D eigenvalue weighted by Crippen LogP contribution is -2.13. The quantitative estimate of drug-likeness (QED) is 0.373. The van der Waals surface area contributed by atoms with Gasteiger partial charge in [0, 0.05) is 30.2 Å². The van der Waals surface area contributed by atoms with Gasteiger partial charge in [0.05, 0.1) is 12.4 Å². The molecule has 27 heavy (non-hydrogen) atoms. The second-order valence-corrected chi connectivity index (χ2v) is 7.78. The molecule has 0 saturated carbocycles. The van der Waals surface area contributed by atoms with E-state index in [4.69, 9.17) is 9.57 Å². The minimum absolute atomic E-state index is 0.361. The van der Waals surface area contributed by atoms with Gasteiger partial charge >= 0.3 is 0 Å². The summed E-state index contributed by atoms with van der Waals surface area (Å²) in [5.74, 6) is 2.07. The first-order chi connectivity index (χ1) is 13.0. The fourth-order valence-electron chi connectivity index (χ4n) is 4.50. The highest BCUT2D eigenvalue weighted by Crippen LogP contribution is 2.46. The van der Waals surface area contributed by atoms with Crippen LogP contribution in [0.4, 0.5) is 0 Å². The zero-order valence-electron chi connectivity index (χ0n) is 17.2. The van der Waals surface area contributed by atoms with E-state index in [9.17, 15) is 5.11 Å². The number of fused-ring (bicyclic) bond motifs is 1. The first kappa shape index (κ1) is 19.8. The minimum Gasteiger partial charge on any atom is -0.512 e. The van der Waals surface area contributed by atoms with Gasteiger partial charge in [-0.05, 0) is 88.0 Å². The van der Waals surface area contributed by atoms with Gasteiger partial charge in [-0.25, -0.2) is 0 Å². The number of nitrogens with zero attached hydrogens (tertiary/aromatic N) is 1. The van der Waals surface area contributed by atoms with Crippen LogP contribution >= 0.6 is 0 Å². The molecule has 2 aliphatic rings. The van der Waals surface area contributed by atoms with Crippen molar-refractivity contribution < 1.29 is 14.7 Å². The number of oxime groups is 1. The average molecular weight is 372 g/mol. The summed E-state index contributed by atoms with van der Waals surface area (Å²) in [6, 6.07) is 0. The predicted octanol–water partition coefficient (Wildman–Crippen LogP) is 5.82. The normalized spacial score (nSPS) is 19.5. The van der Waals surface area contributed by atoms with Crippen LogP contribution in [-0.2, 0) is 11.3 Å². The molecule has 1 atom stereocenters. The van der Waals surface area contributed by atoms with Gasteiger partial charge in [0.2, 0.25) is 0 Å². The van der Waals surface area contributed by atoms with Gasteiger partial charge in [-0.1, -0.05) is 5.16 Å². The molecule has 148 valence electrons. The van der Waals surface area contributed by atoms with E-state index >= 15 is 0 Å². The van der Waals surface area contributed by atoms with Crippen LogP contribution in [0, 0.1) is 20.8 Å². The Morgan fingerprint density at radius 3 is 2.74 bits per heavy atom. The van der Waals surface area contributed by atoms with Gasteiger partial charge in [0.15, 0.2) is 0 Å². The predicted molar refractivity (Wildman–Crippen MR) is 110 cm³/mol. The van der Waals surface area contributed by atoms with E-state index in [1.165, 1.54) is 33.4 Å². The molecule has 1 heterocycles. The van der Waals surface area contributed by atoms with Crippen LogP contribution in [0.25, 0.3) is 0 Å². The first-order valence-electron chi connectivity index (χ1n) is 10.3. The van der Waals surface area contributed by atoms with Crippen molar-refractivity contribution in [2.75, 3.05) is 13.2 Å². The van der Waals surface area contributed by atoms with Crippen LogP contribution in [0.2, 0.25) is 0 Å². The summed E-state index contributed by atoms with van der Waals surface area (Å²) in [6.45, 7) is 9.97. The van der Waals surface area contributed by atoms with Crippen molar-refractivity contribution in [1.82, 2.24) is 0 Å². The maximum absolute atomic E-state index is 10.7. The fourth-order valence-corrected chi connectivity index (χ4v) is 4.50. The summed E-state index contributed by atoms with van der Waals surface area (Å²) in [4.78, 5) is 4.97. The summed E-state index contributed by atoms with van der Waals surface area (Å²) < 4.78 is 6.05. The van der Waals surface area contributed by atoms with Crippen molar-refractivity contribution in [3.8, 4) is 5.75 Å². The van der Waals surface area contributed by atoms with E-state index in [1.807, 2.05) is 13.1 Å². The van der Waals surface area contributed by atoms with E-state index in [2.05, 4.69) is 25.9 Å². The number of aliphatic hydroxyl groups is 1. The molecule has 0 amide bonds. The van der Waals surface area contributed by atoms with Crippen LogP contribution in [-0.4, -0.2) is 24.5 Å². The van der Waals surface area contributed by atoms with Crippen molar-refractivity contribution >= 4 is 6.21 Å². The average Bonchev–Trinajstić information content (AvgIpc) is 3.14. The van der Waals surface area contributed by atoms with Crippen LogP contribution in [0.5, 0.6) is 5.75 Å². The lowest BCUT2D eigenvalue weighted by Gasteiger charge is -2.28. The summed E-state index contributed by atoms with van der Waals surface area (Å²) in [7, 11) is 0. The second kappa shape index (κ2) is 8.81. The van der Waals surface area contributed by atoms with Crippen molar-refractivity contribution in [1.29, 1.82) is 0 Å². The van der Waals surface area contributed by atoms with Gasteiger partial charge in [-0.15, -0.1) is 0 Å². The standard InChI is InChI=1S/C23H33NO3/c1-5-27-24-12-7-6-8-18-9-10-19(14-21(18)25)22-17(4)15(2)16(3)20-11-13-26-23(20)22/h12,19,25H,5-11,13-14H2,1-4H3. The molecule has 0 radical (unpaired) electrons. The Kier molecular flexibility index (Phi) is 6.46. The second-order valence-electron chi connectivity index (χ2n) is 7.78. The zero-order chi connectivity index (χ0) is 19.4. The van der Waals surface area contributed by atoms with E-state index in [1.54, 1.807) is 0 Å². The zero-order valence-corrected chi connectivity index (χ0v) is 17.2. The number of aliphatic hydroxyl groups excluding tert-OH is 1. The third kappa shape index (κ3) is 4.15. The lowest BCUT2D eigenvalue weighted by molar-refractivity contribution is 0.160. The molecule has 4 heteroatoms. The van der Waals surface area contributed by atoms with Crippen molar-refractivity contribution in [3.63, 3.8) is 0 Å². The Bertz CT molecular complexity index is 749. The number of ether oxygens (including phenoxy) is 1. The number of unbranched alkanes of at least 4 members (excludes halogenated alkanes) is 1. The molecule has 0 bridgehead atoms. The number of hydrogen-bond acceptors (Lipinski definition) is 4. The van der Waals surface area contributed by atoms with Crippen LogP contribution in [0.3, 0.4) is 0 Å². The molecule has 1 aliphatic heterocycles. The number of allylic oxidation sites excluding steroid dienone is 2. The van der Waals surface area contributed by atoms with E-state index in [-0.39, 0.29) is 0 Å². The van der Waals surface area contributed by atoms with Crippen LogP contribution in [0.1, 0.15) is 79.2 Å². The number of benzene rings is 1. The van der Waals surface area contributed by atoms with Gasteiger partial charge < -0.3 is 14.7 Å². The third-order valence-corrected chi connectivity index (χ3v) is 6.24. The van der Waals surface area contributed by atoms with E-state index in [0.29, 0.717) is 18.3 Å². The Morgan fingerprint density at radius 1 is 1.19 bits per heavy atom. The highest BCUT2D eigenvalue weighted by atomic mass is 16.6. The summed E-state index contributed by atoms with van der Waals surface area (Å²) in [5.41, 5.74) is 8.07. The molecule has 1 N–H and O–H groups in total. The van der Waals surface area contributed by atoms with E-state index < -0.39 is 0 Å². The summed E-state index contributed by atoms with van der Waals surface area (Å²) in [6.07, 6.45) is 8.47. The third-order valence-electron chi connectivity index (χ3n) is 6.24. The first-order valence-corrected chi connectivity index (χ1v) is 10.3. The van der Waals surface area contributed by atoms with Crippen molar-refractivity contribution in [2.45, 2.75) is 78.6 Å². The Labute approximate surface area is 163 Å². The molecule has 0 spiro atoms. The fraction of sp³-hybridized carbons (Fsp3) is 0.609. The minimum atomic E-state index is 0.361. The SMILES string of the molecule is CCON=CCCCC1=C(O)CC(c2c(C)c(C)c(C)c3c2OCC3)CC1. The van der Waals surface area contributed by atoms with Crippen molar-refractivity contribution in [3.05, 3.63) is 39.1 Å². The van der Waals surface area contributed by atoms with Gasteiger partial charge in [0.25, 0.3) is 0 Å². The largest absolute Gasteiger partial charge is 0.512 e. The molecule has 1 unspecified atom stereocenters. The van der Waals surface area contributed by atoms with E-state index in [0.717, 1.165) is 57.3 Å². The van der Waals surface area contributed by atoms with Gasteiger partial charge in [-0.3, -0.25) is 0 Å².